The number of ketones is 1. The van der Waals surface area contributed by atoms with Gasteiger partial charge in [0, 0.05) is 31.3 Å². The molecule has 0 saturated carbocycles. The molecule has 2 aromatic rings. The quantitative estimate of drug-likeness (QED) is 0.709. The molecular formula is C23H27N3O4. The summed E-state index contributed by atoms with van der Waals surface area (Å²) in [5, 5.41) is 2.87. The molecule has 7 nitrogen and oxygen atoms in total. The first kappa shape index (κ1) is 21.5. The Bertz CT molecular complexity index is 911. The molecule has 2 heterocycles. The summed E-state index contributed by atoms with van der Waals surface area (Å²) >= 11 is 0. The van der Waals surface area contributed by atoms with Crippen LogP contribution in [0.2, 0.25) is 0 Å². The summed E-state index contributed by atoms with van der Waals surface area (Å²) in [6.07, 6.45) is 3.58. The van der Waals surface area contributed by atoms with Gasteiger partial charge in [-0.2, -0.15) is 0 Å². The Balaban J connectivity index is 1.52. The fourth-order valence-corrected chi connectivity index (χ4v) is 3.43. The third-order valence-electron chi connectivity index (χ3n) is 5.26. The first-order valence-corrected chi connectivity index (χ1v) is 10.2. The van der Waals surface area contributed by atoms with E-state index in [0.717, 1.165) is 18.4 Å². The molecule has 3 rings (SSSR count). The molecule has 1 unspecified atom stereocenters. The van der Waals surface area contributed by atoms with Crippen LogP contribution in [0.4, 0.5) is 5.82 Å². The molecule has 1 aromatic heterocycles. The molecule has 1 N–H and O–H groups in total. The second-order valence-corrected chi connectivity index (χ2v) is 7.43. The number of pyridine rings is 1. The van der Waals surface area contributed by atoms with Gasteiger partial charge in [-0.1, -0.05) is 13.0 Å². The molecule has 0 bridgehead atoms. The van der Waals surface area contributed by atoms with Gasteiger partial charge in [-0.15, -0.1) is 0 Å². The zero-order valence-corrected chi connectivity index (χ0v) is 17.4. The molecule has 1 atom stereocenters. The van der Waals surface area contributed by atoms with Crippen molar-refractivity contribution in [3.8, 4) is 5.75 Å². The van der Waals surface area contributed by atoms with Crippen LogP contribution in [0, 0.1) is 12.8 Å². The molecular weight excluding hydrogens is 382 g/mol. The van der Waals surface area contributed by atoms with Gasteiger partial charge < -0.3 is 15.0 Å². The minimum absolute atomic E-state index is 0.0659. The topological polar surface area (TPSA) is 88.6 Å². The molecule has 7 heteroatoms. The minimum atomic E-state index is -0.275. The first-order chi connectivity index (χ1) is 14.5. The third kappa shape index (κ3) is 5.43. The second kappa shape index (κ2) is 10.0. The molecule has 1 saturated heterocycles. The predicted octanol–water partition coefficient (Wildman–Crippen LogP) is 3.24. The Morgan fingerprint density at radius 1 is 1.20 bits per heavy atom. The van der Waals surface area contributed by atoms with Crippen molar-refractivity contribution in [1.29, 1.82) is 0 Å². The Morgan fingerprint density at radius 3 is 2.67 bits per heavy atom. The number of benzene rings is 1. The second-order valence-electron chi connectivity index (χ2n) is 7.43. The molecule has 1 fully saturated rings. The molecule has 2 amide bonds. The van der Waals surface area contributed by atoms with Gasteiger partial charge in [-0.05, 0) is 55.7 Å². The van der Waals surface area contributed by atoms with Gasteiger partial charge in [0.2, 0.25) is 5.91 Å². The number of ether oxygens (including phenoxy) is 1. The van der Waals surface area contributed by atoms with Crippen molar-refractivity contribution in [2.45, 2.75) is 33.1 Å². The summed E-state index contributed by atoms with van der Waals surface area (Å²) in [6, 6.07) is 10.5. The maximum atomic E-state index is 12.6. The van der Waals surface area contributed by atoms with Crippen molar-refractivity contribution in [3.05, 3.63) is 53.7 Å². The molecule has 0 spiro atoms. The van der Waals surface area contributed by atoms with Gasteiger partial charge in [0.15, 0.2) is 12.4 Å². The maximum absolute atomic E-state index is 12.6. The average Bonchev–Trinajstić information content (AvgIpc) is 2.78. The van der Waals surface area contributed by atoms with Crippen LogP contribution in [0.1, 0.15) is 42.1 Å². The number of piperidine rings is 1. The Hall–Kier alpha value is -3.22. The molecule has 1 aromatic carbocycles. The van der Waals surface area contributed by atoms with Gasteiger partial charge in [0.1, 0.15) is 11.6 Å². The van der Waals surface area contributed by atoms with Crippen LogP contribution in [-0.2, 0) is 9.59 Å². The molecule has 1 aliphatic rings. The smallest absolute Gasteiger partial charge is 0.260 e. The number of amides is 2. The lowest BCUT2D eigenvalue weighted by Crippen LogP contribution is -2.45. The summed E-state index contributed by atoms with van der Waals surface area (Å²) in [5.74, 6) is 0.605. The molecule has 158 valence electrons. The van der Waals surface area contributed by atoms with Crippen LogP contribution >= 0.6 is 0 Å². The van der Waals surface area contributed by atoms with Crippen LogP contribution in [0.3, 0.4) is 0 Å². The highest BCUT2D eigenvalue weighted by Gasteiger charge is 2.29. The van der Waals surface area contributed by atoms with E-state index in [9.17, 15) is 14.4 Å². The van der Waals surface area contributed by atoms with Gasteiger partial charge in [-0.25, -0.2) is 4.98 Å². The van der Waals surface area contributed by atoms with Crippen LogP contribution in [-0.4, -0.2) is 47.2 Å². The number of aromatic nitrogens is 1. The van der Waals surface area contributed by atoms with Crippen molar-refractivity contribution in [1.82, 2.24) is 9.88 Å². The van der Waals surface area contributed by atoms with E-state index in [4.69, 9.17) is 4.74 Å². The van der Waals surface area contributed by atoms with Crippen LogP contribution in [0.5, 0.6) is 5.75 Å². The third-order valence-corrected chi connectivity index (χ3v) is 5.26. The van der Waals surface area contributed by atoms with E-state index >= 15 is 0 Å². The number of nitrogens with zero attached hydrogens (tertiary/aromatic N) is 2. The van der Waals surface area contributed by atoms with Gasteiger partial charge in [0.25, 0.3) is 5.91 Å². The molecule has 1 aliphatic heterocycles. The number of likely N-dealkylation sites (tertiary alicyclic amines) is 1. The van der Waals surface area contributed by atoms with Crippen molar-refractivity contribution >= 4 is 23.4 Å². The minimum Gasteiger partial charge on any atom is -0.484 e. The number of Topliss-reactive ketones (excluding diaryl/α,β-unsaturated/α-hetero) is 1. The van der Waals surface area contributed by atoms with E-state index in [1.54, 1.807) is 35.4 Å². The SMILES string of the molecule is CCC(=O)c1ccc(OCC(=O)N2CCCC(C(=O)Nc3ncccc3C)C2)cc1. The zero-order chi connectivity index (χ0) is 21.5. The average molecular weight is 409 g/mol. The fraction of sp³-hybridized carbons (Fsp3) is 0.391. The predicted molar refractivity (Wildman–Crippen MR) is 113 cm³/mol. The summed E-state index contributed by atoms with van der Waals surface area (Å²) in [7, 11) is 0. The largest absolute Gasteiger partial charge is 0.484 e. The van der Waals surface area contributed by atoms with E-state index in [2.05, 4.69) is 10.3 Å². The number of aryl methyl sites for hydroxylation is 1. The lowest BCUT2D eigenvalue weighted by atomic mass is 9.97. The number of hydrogen-bond acceptors (Lipinski definition) is 5. The highest BCUT2D eigenvalue weighted by Crippen LogP contribution is 2.20. The summed E-state index contributed by atoms with van der Waals surface area (Å²) in [6.45, 7) is 4.58. The van der Waals surface area contributed by atoms with Gasteiger partial charge in [0.05, 0.1) is 5.92 Å². The molecule has 0 aliphatic carbocycles. The summed E-state index contributed by atoms with van der Waals surface area (Å²) < 4.78 is 5.58. The zero-order valence-electron chi connectivity index (χ0n) is 17.4. The summed E-state index contributed by atoms with van der Waals surface area (Å²) in [5.41, 5.74) is 1.53. The number of hydrogen-bond donors (Lipinski definition) is 1. The lowest BCUT2D eigenvalue weighted by Gasteiger charge is -2.32. The number of carbonyl (C=O) groups is 3. The van der Waals surface area contributed by atoms with Crippen molar-refractivity contribution in [3.63, 3.8) is 0 Å². The number of rotatable bonds is 7. The van der Waals surface area contributed by atoms with E-state index in [1.165, 1.54) is 0 Å². The Labute approximate surface area is 176 Å². The Kier molecular flexibility index (Phi) is 7.17. The van der Waals surface area contributed by atoms with Gasteiger partial charge in [-0.3, -0.25) is 14.4 Å². The van der Waals surface area contributed by atoms with E-state index < -0.39 is 0 Å². The van der Waals surface area contributed by atoms with Crippen LogP contribution < -0.4 is 10.1 Å². The normalized spacial score (nSPS) is 16.1. The van der Waals surface area contributed by atoms with Gasteiger partial charge >= 0.3 is 0 Å². The van der Waals surface area contributed by atoms with Crippen LogP contribution in [0.25, 0.3) is 0 Å². The summed E-state index contributed by atoms with van der Waals surface area (Å²) in [4.78, 5) is 42.8. The molecule has 0 radical (unpaired) electrons. The van der Waals surface area contributed by atoms with E-state index in [0.29, 0.717) is 36.6 Å². The molecule has 30 heavy (non-hydrogen) atoms. The lowest BCUT2D eigenvalue weighted by molar-refractivity contribution is -0.136. The van der Waals surface area contributed by atoms with Crippen LogP contribution in [0.15, 0.2) is 42.6 Å². The maximum Gasteiger partial charge on any atom is 0.260 e. The van der Waals surface area contributed by atoms with Crippen molar-refractivity contribution in [2.75, 3.05) is 25.0 Å². The Morgan fingerprint density at radius 2 is 1.97 bits per heavy atom. The van der Waals surface area contributed by atoms with Crippen molar-refractivity contribution in [2.24, 2.45) is 5.92 Å². The number of nitrogens with one attached hydrogen (secondary N) is 1. The first-order valence-electron chi connectivity index (χ1n) is 10.2. The number of carbonyl (C=O) groups excluding carboxylic acids is 3. The standard InChI is InChI=1S/C23H27N3O4/c1-3-20(27)17-8-10-19(11-9-17)30-15-21(28)26-13-5-7-18(14-26)23(29)25-22-16(2)6-4-12-24-22/h4,6,8-12,18H,3,5,7,13-15H2,1-2H3,(H,24,25,29). The number of anilines is 1. The fourth-order valence-electron chi connectivity index (χ4n) is 3.43. The highest BCUT2D eigenvalue weighted by atomic mass is 16.5. The highest BCUT2D eigenvalue weighted by molar-refractivity contribution is 5.96. The monoisotopic (exact) mass is 409 g/mol. The van der Waals surface area contributed by atoms with E-state index in [1.807, 2.05) is 26.0 Å². The van der Waals surface area contributed by atoms with E-state index in [-0.39, 0.29) is 30.1 Å². The van der Waals surface area contributed by atoms with Crippen molar-refractivity contribution < 1.29 is 19.1 Å².